The standard InChI is InChI=1S/C15H19NS/c1-4-16-10-14-9-12(3)15(17-14)13-7-5-11(2)6-8-13/h5-9,16H,4,10H2,1-3H3. The molecular weight excluding hydrogens is 226 g/mol. The SMILES string of the molecule is CCNCc1cc(C)c(-c2ccc(C)cc2)s1. The van der Waals surface area contributed by atoms with Crippen LogP contribution < -0.4 is 5.32 Å². The molecule has 0 aliphatic heterocycles. The van der Waals surface area contributed by atoms with Crippen molar-refractivity contribution in [2.75, 3.05) is 6.54 Å². The topological polar surface area (TPSA) is 12.0 Å². The van der Waals surface area contributed by atoms with Crippen LogP contribution in [0.3, 0.4) is 0 Å². The van der Waals surface area contributed by atoms with E-state index >= 15 is 0 Å². The minimum atomic E-state index is 0.980. The monoisotopic (exact) mass is 245 g/mol. The van der Waals surface area contributed by atoms with Crippen molar-refractivity contribution in [3.8, 4) is 10.4 Å². The number of aryl methyl sites for hydroxylation is 2. The van der Waals surface area contributed by atoms with Gasteiger partial charge in [0.1, 0.15) is 0 Å². The van der Waals surface area contributed by atoms with Crippen LogP contribution in [0, 0.1) is 13.8 Å². The number of thiophene rings is 1. The van der Waals surface area contributed by atoms with Gasteiger partial charge in [0, 0.05) is 16.3 Å². The van der Waals surface area contributed by atoms with E-state index in [0.717, 1.165) is 13.1 Å². The summed E-state index contributed by atoms with van der Waals surface area (Å²) >= 11 is 1.90. The maximum Gasteiger partial charge on any atom is 0.0375 e. The predicted octanol–water partition coefficient (Wildman–Crippen LogP) is 4.14. The predicted molar refractivity (Wildman–Crippen MR) is 76.6 cm³/mol. The van der Waals surface area contributed by atoms with Crippen LogP contribution in [0.2, 0.25) is 0 Å². The lowest BCUT2D eigenvalue weighted by atomic mass is 10.1. The summed E-state index contributed by atoms with van der Waals surface area (Å²) in [7, 11) is 0. The van der Waals surface area contributed by atoms with E-state index in [0.29, 0.717) is 0 Å². The summed E-state index contributed by atoms with van der Waals surface area (Å²) in [5.41, 5.74) is 4.03. The number of hydrogen-bond acceptors (Lipinski definition) is 2. The Morgan fingerprint density at radius 1 is 1.12 bits per heavy atom. The van der Waals surface area contributed by atoms with Crippen LogP contribution in [-0.4, -0.2) is 6.54 Å². The van der Waals surface area contributed by atoms with Crippen LogP contribution in [0.15, 0.2) is 30.3 Å². The number of nitrogens with one attached hydrogen (secondary N) is 1. The van der Waals surface area contributed by atoms with E-state index < -0.39 is 0 Å². The molecule has 1 nitrogen and oxygen atoms in total. The molecule has 0 radical (unpaired) electrons. The Labute approximate surface area is 108 Å². The van der Waals surface area contributed by atoms with Crippen LogP contribution in [0.5, 0.6) is 0 Å². The van der Waals surface area contributed by atoms with Gasteiger partial charge in [-0.05, 0) is 37.6 Å². The van der Waals surface area contributed by atoms with Crippen LogP contribution >= 0.6 is 11.3 Å². The zero-order chi connectivity index (χ0) is 12.3. The lowest BCUT2D eigenvalue weighted by Gasteiger charge is -2.00. The van der Waals surface area contributed by atoms with Gasteiger partial charge in [0.15, 0.2) is 0 Å². The van der Waals surface area contributed by atoms with Gasteiger partial charge < -0.3 is 5.32 Å². The molecule has 0 amide bonds. The minimum absolute atomic E-state index is 0.980. The highest BCUT2D eigenvalue weighted by atomic mass is 32.1. The lowest BCUT2D eigenvalue weighted by Crippen LogP contribution is -2.10. The summed E-state index contributed by atoms with van der Waals surface area (Å²) in [6.45, 7) is 8.47. The maximum atomic E-state index is 3.38. The molecule has 0 unspecified atom stereocenters. The zero-order valence-corrected chi connectivity index (χ0v) is 11.5. The first-order valence-corrected chi connectivity index (χ1v) is 6.89. The molecule has 0 fully saturated rings. The summed E-state index contributed by atoms with van der Waals surface area (Å²) in [6.07, 6.45) is 0. The Kier molecular flexibility index (Phi) is 3.97. The normalized spacial score (nSPS) is 10.8. The van der Waals surface area contributed by atoms with Crippen molar-refractivity contribution < 1.29 is 0 Å². The van der Waals surface area contributed by atoms with Crippen molar-refractivity contribution in [3.63, 3.8) is 0 Å². The molecule has 0 aliphatic rings. The molecule has 2 heteroatoms. The lowest BCUT2D eigenvalue weighted by molar-refractivity contribution is 0.735. The molecule has 0 saturated heterocycles. The first kappa shape index (κ1) is 12.3. The second kappa shape index (κ2) is 5.48. The maximum absolute atomic E-state index is 3.38. The van der Waals surface area contributed by atoms with Crippen LogP contribution in [-0.2, 0) is 6.54 Å². The second-order valence-corrected chi connectivity index (χ2v) is 5.51. The van der Waals surface area contributed by atoms with Gasteiger partial charge in [-0.1, -0.05) is 36.8 Å². The largest absolute Gasteiger partial charge is 0.312 e. The number of benzene rings is 1. The van der Waals surface area contributed by atoms with Crippen molar-refractivity contribution in [1.82, 2.24) is 5.32 Å². The van der Waals surface area contributed by atoms with Gasteiger partial charge in [0.05, 0.1) is 0 Å². The molecular formula is C15H19NS. The highest BCUT2D eigenvalue weighted by Gasteiger charge is 2.07. The zero-order valence-electron chi connectivity index (χ0n) is 10.7. The molecule has 1 heterocycles. The average molecular weight is 245 g/mol. The van der Waals surface area contributed by atoms with E-state index in [9.17, 15) is 0 Å². The molecule has 0 atom stereocenters. The molecule has 0 aliphatic carbocycles. The van der Waals surface area contributed by atoms with E-state index in [1.807, 2.05) is 11.3 Å². The van der Waals surface area contributed by atoms with E-state index in [4.69, 9.17) is 0 Å². The number of hydrogen-bond donors (Lipinski definition) is 1. The molecule has 1 N–H and O–H groups in total. The Balaban J connectivity index is 2.26. The molecule has 0 spiro atoms. The van der Waals surface area contributed by atoms with Gasteiger partial charge in [-0.25, -0.2) is 0 Å². The van der Waals surface area contributed by atoms with Gasteiger partial charge in [0.2, 0.25) is 0 Å². The van der Waals surface area contributed by atoms with Crippen LogP contribution in [0.4, 0.5) is 0 Å². The fourth-order valence-electron chi connectivity index (χ4n) is 1.87. The van der Waals surface area contributed by atoms with E-state index in [2.05, 4.69) is 56.4 Å². The Morgan fingerprint density at radius 2 is 1.82 bits per heavy atom. The summed E-state index contributed by atoms with van der Waals surface area (Å²) in [6, 6.07) is 11.1. The molecule has 0 saturated carbocycles. The summed E-state index contributed by atoms with van der Waals surface area (Å²) < 4.78 is 0. The van der Waals surface area contributed by atoms with Crippen molar-refractivity contribution in [3.05, 3.63) is 46.3 Å². The molecule has 0 bridgehead atoms. The third-order valence-electron chi connectivity index (χ3n) is 2.83. The van der Waals surface area contributed by atoms with Crippen molar-refractivity contribution in [1.29, 1.82) is 0 Å². The van der Waals surface area contributed by atoms with Crippen LogP contribution in [0.1, 0.15) is 22.9 Å². The smallest absolute Gasteiger partial charge is 0.0375 e. The third kappa shape index (κ3) is 2.96. The van der Waals surface area contributed by atoms with Gasteiger partial charge in [-0.15, -0.1) is 11.3 Å². The van der Waals surface area contributed by atoms with Gasteiger partial charge in [0.25, 0.3) is 0 Å². The van der Waals surface area contributed by atoms with Gasteiger partial charge >= 0.3 is 0 Å². The first-order valence-electron chi connectivity index (χ1n) is 6.07. The van der Waals surface area contributed by atoms with E-state index in [-0.39, 0.29) is 0 Å². The summed E-state index contributed by atoms with van der Waals surface area (Å²) in [4.78, 5) is 2.82. The third-order valence-corrected chi connectivity index (χ3v) is 4.12. The Hall–Kier alpha value is -1.12. The molecule has 2 aromatic rings. The fraction of sp³-hybridized carbons (Fsp3) is 0.333. The molecule has 90 valence electrons. The summed E-state index contributed by atoms with van der Waals surface area (Å²) in [5, 5.41) is 3.38. The highest BCUT2D eigenvalue weighted by molar-refractivity contribution is 7.15. The van der Waals surface area contributed by atoms with Crippen LogP contribution in [0.25, 0.3) is 10.4 Å². The molecule has 1 aromatic carbocycles. The molecule has 1 aromatic heterocycles. The van der Waals surface area contributed by atoms with E-state index in [1.165, 1.54) is 26.4 Å². The fourth-order valence-corrected chi connectivity index (χ4v) is 3.02. The average Bonchev–Trinajstić information content (AvgIpc) is 2.69. The van der Waals surface area contributed by atoms with Gasteiger partial charge in [-0.3, -0.25) is 0 Å². The Bertz CT molecular complexity index is 482. The summed E-state index contributed by atoms with van der Waals surface area (Å²) in [5.74, 6) is 0. The first-order chi connectivity index (χ1) is 8.20. The quantitative estimate of drug-likeness (QED) is 0.853. The highest BCUT2D eigenvalue weighted by Crippen LogP contribution is 2.32. The van der Waals surface area contributed by atoms with E-state index in [1.54, 1.807) is 0 Å². The van der Waals surface area contributed by atoms with Crippen molar-refractivity contribution in [2.45, 2.75) is 27.3 Å². The molecule has 17 heavy (non-hydrogen) atoms. The van der Waals surface area contributed by atoms with Gasteiger partial charge in [-0.2, -0.15) is 0 Å². The number of rotatable bonds is 4. The molecule has 2 rings (SSSR count). The Morgan fingerprint density at radius 3 is 2.47 bits per heavy atom. The van der Waals surface area contributed by atoms with Crippen molar-refractivity contribution in [2.24, 2.45) is 0 Å². The second-order valence-electron chi connectivity index (χ2n) is 4.37. The van der Waals surface area contributed by atoms with Crippen molar-refractivity contribution >= 4 is 11.3 Å². The minimum Gasteiger partial charge on any atom is -0.312 e.